The average Bonchev–Trinajstić information content (AvgIpc) is 3.88. The minimum atomic E-state index is 0.650. The summed E-state index contributed by atoms with van der Waals surface area (Å²) in [6.07, 6.45) is 0. The van der Waals surface area contributed by atoms with E-state index in [9.17, 15) is 0 Å². The lowest BCUT2D eigenvalue weighted by Crippen LogP contribution is -2.04. The van der Waals surface area contributed by atoms with E-state index >= 15 is 0 Å². The Morgan fingerprint density at radius 1 is 0.350 bits per heavy atom. The number of thiophene rings is 1. The predicted molar refractivity (Wildman–Crippen MR) is 256 cm³/mol. The van der Waals surface area contributed by atoms with E-state index in [0.717, 1.165) is 38.8 Å². The molecule has 0 spiro atoms. The molecule has 0 atom stereocenters. The minimum Gasteiger partial charge on any atom is -0.277 e. The van der Waals surface area contributed by atoms with Crippen LogP contribution in [0.25, 0.3) is 125 Å². The number of aromatic nitrogens is 3. The topological polar surface area (TPSA) is 30.7 Å². The van der Waals surface area contributed by atoms with Crippen molar-refractivity contribution < 1.29 is 0 Å². The molecule has 0 amide bonds. The number of hydrogen-bond donors (Lipinski definition) is 0. The summed E-state index contributed by atoms with van der Waals surface area (Å²) in [7, 11) is 0. The molecule has 10 aromatic carbocycles. The van der Waals surface area contributed by atoms with Crippen LogP contribution in [0.1, 0.15) is 0 Å². The third-order valence-corrected chi connectivity index (χ3v) is 13.5. The van der Waals surface area contributed by atoms with E-state index in [4.69, 9.17) is 9.97 Å². The van der Waals surface area contributed by atoms with Crippen molar-refractivity contribution in [3.8, 4) is 39.5 Å². The van der Waals surface area contributed by atoms with Crippen LogP contribution < -0.4 is 0 Å². The van der Waals surface area contributed by atoms with Crippen molar-refractivity contribution in [2.45, 2.75) is 0 Å². The highest BCUT2D eigenvalue weighted by Crippen LogP contribution is 2.46. The average molecular weight is 780 g/mol. The fraction of sp³-hybridized carbons (Fsp3) is 0. The van der Waals surface area contributed by atoms with Gasteiger partial charge in [-0.15, -0.1) is 11.3 Å². The van der Waals surface area contributed by atoms with Gasteiger partial charge in [0.15, 0.2) is 0 Å². The smallest absolute Gasteiger partial charge is 0.235 e. The summed E-state index contributed by atoms with van der Waals surface area (Å²) in [5.41, 5.74) is 9.77. The third-order valence-electron chi connectivity index (χ3n) is 12.4. The van der Waals surface area contributed by atoms with Gasteiger partial charge in [-0.25, -0.2) is 9.97 Å². The first-order valence-corrected chi connectivity index (χ1v) is 21.2. The van der Waals surface area contributed by atoms with Crippen molar-refractivity contribution in [2.75, 3.05) is 0 Å². The molecule has 278 valence electrons. The van der Waals surface area contributed by atoms with E-state index in [0.29, 0.717) is 5.95 Å². The molecule has 13 rings (SSSR count). The SMILES string of the molecule is c1ccc2c(-c3ccc(-c4nc(-n5c6c(-c7ccc8sc9ccccc9c8c7)cccc6c6c7ccccc7c7ccccc7c65)nc5ccccc45)cc3)cccc2c1. The maximum absolute atomic E-state index is 5.62. The molecular weight excluding hydrogens is 747 g/mol. The molecule has 3 nitrogen and oxygen atoms in total. The number of para-hydroxylation sites is 2. The normalized spacial score (nSPS) is 12.0. The lowest BCUT2D eigenvalue weighted by molar-refractivity contribution is 1.02. The van der Waals surface area contributed by atoms with E-state index < -0.39 is 0 Å². The molecule has 13 aromatic rings. The van der Waals surface area contributed by atoms with Gasteiger partial charge in [0.25, 0.3) is 0 Å². The molecule has 60 heavy (non-hydrogen) atoms. The lowest BCUT2D eigenvalue weighted by atomic mass is 9.95. The summed E-state index contributed by atoms with van der Waals surface area (Å²) in [4.78, 5) is 11.1. The molecule has 0 aliphatic rings. The second-order valence-corrected chi connectivity index (χ2v) is 16.7. The summed E-state index contributed by atoms with van der Waals surface area (Å²) < 4.78 is 4.96. The molecule has 3 heterocycles. The van der Waals surface area contributed by atoms with Crippen LogP contribution in [-0.4, -0.2) is 14.5 Å². The minimum absolute atomic E-state index is 0.650. The maximum Gasteiger partial charge on any atom is 0.235 e. The Morgan fingerprint density at radius 3 is 1.78 bits per heavy atom. The zero-order valence-electron chi connectivity index (χ0n) is 32.3. The van der Waals surface area contributed by atoms with Crippen LogP contribution in [0.5, 0.6) is 0 Å². The second kappa shape index (κ2) is 12.9. The zero-order chi connectivity index (χ0) is 39.3. The first-order chi connectivity index (χ1) is 29.8. The Bertz CT molecular complexity index is 3890. The van der Waals surface area contributed by atoms with Crippen LogP contribution in [0.3, 0.4) is 0 Å². The number of benzene rings is 10. The molecular formula is C56H33N3S. The van der Waals surface area contributed by atoms with Crippen molar-refractivity contribution in [1.82, 2.24) is 14.5 Å². The van der Waals surface area contributed by atoms with Gasteiger partial charge in [0.05, 0.1) is 22.2 Å². The van der Waals surface area contributed by atoms with E-state index in [1.165, 1.54) is 80.0 Å². The van der Waals surface area contributed by atoms with Crippen LogP contribution in [0.2, 0.25) is 0 Å². The Balaban J connectivity index is 1.12. The molecule has 3 aromatic heterocycles. The van der Waals surface area contributed by atoms with Crippen LogP contribution in [0.4, 0.5) is 0 Å². The predicted octanol–water partition coefficient (Wildman–Crippen LogP) is 15.6. The zero-order valence-corrected chi connectivity index (χ0v) is 33.1. The highest BCUT2D eigenvalue weighted by atomic mass is 32.1. The van der Waals surface area contributed by atoms with Crippen molar-refractivity contribution in [1.29, 1.82) is 0 Å². The quantitative estimate of drug-likeness (QED) is 0.167. The number of hydrogen-bond acceptors (Lipinski definition) is 3. The molecule has 0 fully saturated rings. The largest absolute Gasteiger partial charge is 0.277 e. The Hall–Kier alpha value is -7.66. The fourth-order valence-corrected chi connectivity index (χ4v) is 10.8. The highest BCUT2D eigenvalue weighted by molar-refractivity contribution is 7.25. The molecule has 0 aliphatic heterocycles. The molecule has 0 aliphatic carbocycles. The lowest BCUT2D eigenvalue weighted by Gasteiger charge is -2.15. The maximum atomic E-state index is 5.62. The molecule has 0 saturated carbocycles. The Morgan fingerprint density at radius 2 is 0.933 bits per heavy atom. The van der Waals surface area contributed by atoms with Crippen molar-refractivity contribution in [3.05, 3.63) is 200 Å². The van der Waals surface area contributed by atoms with Crippen molar-refractivity contribution in [3.63, 3.8) is 0 Å². The van der Waals surface area contributed by atoms with Crippen LogP contribution in [0, 0.1) is 0 Å². The molecule has 0 N–H and O–H groups in total. The third kappa shape index (κ3) is 4.89. The van der Waals surface area contributed by atoms with Gasteiger partial charge < -0.3 is 0 Å². The van der Waals surface area contributed by atoms with Gasteiger partial charge in [0.2, 0.25) is 5.95 Å². The van der Waals surface area contributed by atoms with Crippen molar-refractivity contribution in [2.24, 2.45) is 0 Å². The number of nitrogens with zero attached hydrogens (tertiary/aromatic N) is 3. The first-order valence-electron chi connectivity index (χ1n) is 20.4. The second-order valence-electron chi connectivity index (χ2n) is 15.7. The summed E-state index contributed by atoms with van der Waals surface area (Å²) in [6, 6.07) is 72.6. The monoisotopic (exact) mass is 779 g/mol. The fourth-order valence-electron chi connectivity index (χ4n) is 9.72. The number of fused-ring (bicyclic) bond motifs is 13. The van der Waals surface area contributed by atoms with E-state index in [-0.39, 0.29) is 0 Å². The molecule has 0 radical (unpaired) electrons. The first kappa shape index (κ1) is 33.3. The molecule has 0 saturated heterocycles. The van der Waals surface area contributed by atoms with Gasteiger partial charge in [0, 0.05) is 52.8 Å². The summed E-state index contributed by atoms with van der Waals surface area (Å²) in [5.74, 6) is 0.650. The highest BCUT2D eigenvalue weighted by Gasteiger charge is 2.24. The Kier molecular flexibility index (Phi) is 7.18. The van der Waals surface area contributed by atoms with Gasteiger partial charge in [-0.05, 0) is 67.9 Å². The van der Waals surface area contributed by atoms with E-state index in [1.54, 1.807) is 0 Å². The van der Waals surface area contributed by atoms with Gasteiger partial charge in [-0.1, -0.05) is 176 Å². The van der Waals surface area contributed by atoms with E-state index in [2.05, 4.69) is 205 Å². The van der Waals surface area contributed by atoms with Gasteiger partial charge >= 0.3 is 0 Å². The summed E-state index contributed by atoms with van der Waals surface area (Å²) in [6.45, 7) is 0. The van der Waals surface area contributed by atoms with Gasteiger partial charge in [0.1, 0.15) is 0 Å². The van der Waals surface area contributed by atoms with Gasteiger partial charge in [-0.2, -0.15) is 0 Å². The molecule has 4 heteroatoms. The summed E-state index contributed by atoms with van der Waals surface area (Å²) in [5, 5.41) is 13.3. The van der Waals surface area contributed by atoms with Crippen molar-refractivity contribution >= 4 is 96.5 Å². The van der Waals surface area contributed by atoms with E-state index in [1.807, 2.05) is 11.3 Å². The molecule has 0 bridgehead atoms. The van der Waals surface area contributed by atoms with Gasteiger partial charge in [-0.3, -0.25) is 4.57 Å². The van der Waals surface area contributed by atoms with Crippen LogP contribution >= 0.6 is 11.3 Å². The Labute approximate surface area is 349 Å². The summed E-state index contributed by atoms with van der Waals surface area (Å²) >= 11 is 1.85. The number of rotatable bonds is 4. The standard InChI is InChI=1S/C56H33N3S/c1-2-15-38-34(13-1)14-11-22-39(38)35-27-29-36(30-28-35)53-46-21-7-9-25-49(46)57-56(58-53)59-54-40(37-31-32-51-48(33-37)43-18-8-10-26-50(43)60-51)23-12-24-47(54)52-44-19-5-3-16-41(44)42-17-4-6-20-45(42)55(52)59/h1-33H. The van der Waals surface area contributed by atoms with Crippen LogP contribution in [0.15, 0.2) is 200 Å². The molecule has 0 unspecified atom stereocenters. The van der Waals surface area contributed by atoms with Crippen LogP contribution in [-0.2, 0) is 0 Å².